The van der Waals surface area contributed by atoms with Crippen LogP contribution in [0.3, 0.4) is 0 Å². The van der Waals surface area contributed by atoms with Gasteiger partial charge in [0.25, 0.3) is 12.1 Å². The number of hydrogen-bond donors (Lipinski definition) is 2. The van der Waals surface area contributed by atoms with Crippen molar-refractivity contribution < 1.29 is 18.8 Å². The molecule has 0 aliphatic rings. The SMILES string of the molecule is O=[N+]([O-])c1ccc(Cl)cc1NCC(O)C(F)F. The van der Waals surface area contributed by atoms with Gasteiger partial charge in [0, 0.05) is 17.6 Å². The van der Waals surface area contributed by atoms with E-state index < -0.39 is 24.0 Å². The number of nitrogens with one attached hydrogen (secondary N) is 1. The standard InChI is InChI=1S/C9H9ClF2N2O3/c10-5-1-2-7(14(16)17)6(3-5)13-4-8(15)9(11)12/h1-3,8-9,13,15H,4H2. The Kier molecular flexibility index (Phi) is 4.59. The summed E-state index contributed by atoms with van der Waals surface area (Å²) >= 11 is 5.63. The summed E-state index contributed by atoms with van der Waals surface area (Å²) in [6.45, 7) is -0.501. The van der Waals surface area contributed by atoms with Crippen LogP contribution < -0.4 is 5.32 Å². The monoisotopic (exact) mass is 266 g/mol. The smallest absolute Gasteiger partial charge is 0.292 e. The summed E-state index contributed by atoms with van der Waals surface area (Å²) in [6.07, 6.45) is -4.81. The number of benzene rings is 1. The van der Waals surface area contributed by atoms with Crippen molar-refractivity contribution in [1.82, 2.24) is 0 Å². The van der Waals surface area contributed by atoms with Gasteiger partial charge in [-0.25, -0.2) is 8.78 Å². The van der Waals surface area contributed by atoms with Crippen molar-refractivity contribution in [2.24, 2.45) is 0 Å². The van der Waals surface area contributed by atoms with Crippen LogP contribution >= 0.6 is 11.6 Å². The molecule has 0 bridgehead atoms. The second-order valence-electron chi connectivity index (χ2n) is 3.20. The van der Waals surface area contributed by atoms with Crippen LogP contribution in [0.4, 0.5) is 20.2 Å². The highest BCUT2D eigenvalue weighted by atomic mass is 35.5. The van der Waals surface area contributed by atoms with Crippen LogP contribution in [0.5, 0.6) is 0 Å². The van der Waals surface area contributed by atoms with Crippen LogP contribution in [-0.4, -0.2) is 29.1 Å². The molecule has 0 saturated heterocycles. The number of aliphatic hydroxyl groups is 1. The van der Waals surface area contributed by atoms with Gasteiger partial charge in [-0.05, 0) is 12.1 Å². The number of hydrogen-bond acceptors (Lipinski definition) is 4. The number of alkyl halides is 2. The molecule has 8 heteroatoms. The molecule has 0 spiro atoms. The summed E-state index contributed by atoms with van der Waals surface area (Å²) < 4.78 is 24.0. The summed E-state index contributed by atoms with van der Waals surface area (Å²) in [5.41, 5.74) is -0.307. The van der Waals surface area contributed by atoms with E-state index in [0.29, 0.717) is 0 Å². The molecule has 0 aliphatic heterocycles. The third-order valence-corrected chi connectivity index (χ3v) is 2.18. The lowest BCUT2D eigenvalue weighted by atomic mass is 10.2. The molecule has 0 aromatic heterocycles. The molecule has 17 heavy (non-hydrogen) atoms. The summed E-state index contributed by atoms with van der Waals surface area (Å²) in [5, 5.41) is 22.1. The number of anilines is 1. The Hall–Kier alpha value is -1.47. The first-order chi connectivity index (χ1) is 7.91. The fourth-order valence-electron chi connectivity index (χ4n) is 1.11. The number of halogens is 3. The molecular weight excluding hydrogens is 258 g/mol. The fraction of sp³-hybridized carbons (Fsp3) is 0.333. The molecule has 1 aromatic carbocycles. The Balaban J connectivity index is 2.82. The molecule has 2 N–H and O–H groups in total. The number of nitro groups is 1. The lowest BCUT2D eigenvalue weighted by Crippen LogP contribution is -2.26. The number of aliphatic hydroxyl groups excluding tert-OH is 1. The van der Waals surface area contributed by atoms with Gasteiger partial charge in [-0.1, -0.05) is 11.6 Å². The van der Waals surface area contributed by atoms with Crippen molar-refractivity contribution in [2.45, 2.75) is 12.5 Å². The van der Waals surface area contributed by atoms with Crippen LogP contribution in [0.1, 0.15) is 0 Å². The van der Waals surface area contributed by atoms with E-state index in [0.717, 1.165) is 6.07 Å². The van der Waals surface area contributed by atoms with Gasteiger partial charge in [0.15, 0.2) is 0 Å². The Morgan fingerprint density at radius 1 is 1.53 bits per heavy atom. The van der Waals surface area contributed by atoms with Crippen molar-refractivity contribution in [3.05, 3.63) is 33.3 Å². The Morgan fingerprint density at radius 3 is 2.71 bits per heavy atom. The fourth-order valence-corrected chi connectivity index (χ4v) is 1.28. The van der Waals surface area contributed by atoms with Crippen LogP contribution in [-0.2, 0) is 0 Å². The van der Waals surface area contributed by atoms with Crippen molar-refractivity contribution >= 4 is 23.0 Å². The molecule has 1 atom stereocenters. The van der Waals surface area contributed by atoms with E-state index in [1.54, 1.807) is 0 Å². The molecule has 0 heterocycles. The normalized spacial score (nSPS) is 12.5. The average molecular weight is 267 g/mol. The van der Waals surface area contributed by atoms with Crippen molar-refractivity contribution in [3.8, 4) is 0 Å². The minimum atomic E-state index is -2.92. The van der Waals surface area contributed by atoms with Gasteiger partial charge in [0.05, 0.1) is 4.92 Å². The predicted molar refractivity (Wildman–Crippen MR) is 58.6 cm³/mol. The molecule has 1 aromatic rings. The highest BCUT2D eigenvalue weighted by Gasteiger charge is 2.19. The third-order valence-electron chi connectivity index (χ3n) is 1.95. The molecule has 1 rings (SSSR count). The van der Waals surface area contributed by atoms with Crippen LogP contribution in [0, 0.1) is 10.1 Å². The Labute approximate surface area is 100 Å². The average Bonchev–Trinajstić information content (AvgIpc) is 2.25. The maximum Gasteiger partial charge on any atom is 0.292 e. The van der Waals surface area contributed by atoms with Crippen LogP contribution in [0.25, 0.3) is 0 Å². The predicted octanol–water partition coefficient (Wildman–Crippen LogP) is 2.29. The number of nitrogens with zero attached hydrogens (tertiary/aromatic N) is 1. The molecule has 1 unspecified atom stereocenters. The van der Waals surface area contributed by atoms with Gasteiger partial charge in [0.2, 0.25) is 0 Å². The summed E-state index contributed by atoms with van der Waals surface area (Å²) in [6, 6.07) is 3.70. The van der Waals surface area contributed by atoms with Crippen molar-refractivity contribution in [3.63, 3.8) is 0 Å². The van der Waals surface area contributed by atoms with Gasteiger partial charge in [0.1, 0.15) is 11.8 Å². The topological polar surface area (TPSA) is 75.4 Å². The molecule has 0 fully saturated rings. The van der Waals surface area contributed by atoms with Crippen molar-refractivity contribution in [1.29, 1.82) is 0 Å². The molecule has 0 radical (unpaired) electrons. The maximum atomic E-state index is 12.0. The van der Waals surface area contributed by atoms with E-state index in [4.69, 9.17) is 16.7 Å². The van der Waals surface area contributed by atoms with Gasteiger partial charge in [-0.15, -0.1) is 0 Å². The summed E-state index contributed by atoms with van der Waals surface area (Å²) in [5.74, 6) is 0. The maximum absolute atomic E-state index is 12.0. The summed E-state index contributed by atoms with van der Waals surface area (Å²) in [4.78, 5) is 9.95. The number of rotatable bonds is 5. The minimum absolute atomic E-state index is 0.0119. The van der Waals surface area contributed by atoms with Gasteiger partial charge in [-0.2, -0.15) is 0 Å². The molecule has 0 saturated carbocycles. The van der Waals surface area contributed by atoms with E-state index in [1.807, 2.05) is 0 Å². The van der Waals surface area contributed by atoms with E-state index in [1.165, 1.54) is 12.1 Å². The van der Waals surface area contributed by atoms with Crippen LogP contribution in [0.2, 0.25) is 5.02 Å². The zero-order chi connectivity index (χ0) is 13.0. The van der Waals surface area contributed by atoms with E-state index in [2.05, 4.69) is 5.32 Å². The third kappa shape index (κ3) is 3.79. The molecule has 5 nitrogen and oxygen atoms in total. The highest BCUT2D eigenvalue weighted by Crippen LogP contribution is 2.27. The second-order valence-corrected chi connectivity index (χ2v) is 3.64. The molecule has 94 valence electrons. The second kappa shape index (κ2) is 5.74. The molecule has 0 aliphatic carbocycles. The van der Waals surface area contributed by atoms with Gasteiger partial charge in [-0.3, -0.25) is 10.1 Å². The lowest BCUT2D eigenvalue weighted by molar-refractivity contribution is -0.384. The lowest BCUT2D eigenvalue weighted by Gasteiger charge is -2.12. The first-order valence-corrected chi connectivity index (χ1v) is 4.93. The first-order valence-electron chi connectivity index (χ1n) is 4.56. The molecular formula is C9H9ClF2N2O3. The number of nitro benzene ring substituents is 1. The van der Waals surface area contributed by atoms with Crippen LogP contribution in [0.15, 0.2) is 18.2 Å². The van der Waals surface area contributed by atoms with E-state index in [9.17, 15) is 18.9 Å². The Bertz CT molecular complexity index is 417. The van der Waals surface area contributed by atoms with E-state index >= 15 is 0 Å². The summed E-state index contributed by atoms with van der Waals surface area (Å²) in [7, 11) is 0. The van der Waals surface area contributed by atoms with Crippen molar-refractivity contribution in [2.75, 3.05) is 11.9 Å². The Morgan fingerprint density at radius 2 is 2.18 bits per heavy atom. The largest absolute Gasteiger partial charge is 0.385 e. The van der Waals surface area contributed by atoms with E-state index in [-0.39, 0.29) is 16.4 Å². The zero-order valence-electron chi connectivity index (χ0n) is 8.44. The molecule has 0 amide bonds. The quantitative estimate of drug-likeness (QED) is 0.633. The minimum Gasteiger partial charge on any atom is -0.385 e. The zero-order valence-corrected chi connectivity index (χ0v) is 9.19. The highest BCUT2D eigenvalue weighted by molar-refractivity contribution is 6.31. The van der Waals surface area contributed by atoms with Gasteiger partial charge >= 0.3 is 0 Å². The first kappa shape index (κ1) is 13.6. The van der Waals surface area contributed by atoms with Gasteiger partial charge < -0.3 is 10.4 Å².